The molecular formula is C17H24N2O6. The normalized spacial score (nSPS) is 11.3. The van der Waals surface area contributed by atoms with Gasteiger partial charge < -0.3 is 25.2 Å². The van der Waals surface area contributed by atoms with Crippen molar-refractivity contribution in [2.75, 3.05) is 20.8 Å². The van der Waals surface area contributed by atoms with Crippen molar-refractivity contribution in [2.24, 2.45) is 0 Å². The molecule has 1 rings (SSSR count). The maximum Gasteiger partial charge on any atom is 0.326 e. The molecule has 138 valence electrons. The van der Waals surface area contributed by atoms with Crippen molar-refractivity contribution in [1.29, 1.82) is 0 Å². The van der Waals surface area contributed by atoms with Gasteiger partial charge in [-0.1, -0.05) is 19.8 Å². The highest BCUT2D eigenvalue weighted by Crippen LogP contribution is 2.28. The van der Waals surface area contributed by atoms with Crippen molar-refractivity contribution in [3.63, 3.8) is 0 Å². The number of likely N-dealkylation sites (N-methyl/N-ethyl adjacent to an activating group) is 1. The van der Waals surface area contributed by atoms with Crippen molar-refractivity contribution in [1.82, 2.24) is 10.6 Å². The third-order valence-electron chi connectivity index (χ3n) is 3.51. The summed E-state index contributed by atoms with van der Waals surface area (Å²) in [6.45, 7) is 1.76. The summed E-state index contributed by atoms with van der Waals surface area (Å²) in [7, 11) is 2.90. The molecule has 0 aliphatic rings. The molecule has 3 N–H and O–H groups in total. The molecule has 0 fully saturated rings. The van der Waals surface area contributed by atoms with Crippen molar-refractivity contribution in [3.8, 4) is 11.5 Å². The van der Waals surface area contributed by atoms with Gasteiger partial charge in [0.05, 0.1) is 7.11 Å². The minimum absolute atomic E-state index is 0.184. The molecule has 0 saturated heterocycles. The minimum Gasteiger partial charge on any atom is -0.493 e. The van der Waals surface area contributed by atoms with Gasteiger partial charge in [-0.05, 0) is 24.6 Å². The van der Waals surface area contributed by atoms with Gasteiger partial charge >= 0.3 is 5.97 Å². The van der Waals surface area contributed by atoms with Gasteiger partial charge in [0.15, 0.2) is 18.1 Å². The molecule has 0 radical (unpaired) electrons. The molecule has 0 heterocycles. The largest absolute Gasteiger partial charge is 0.493 e. The van der Waals surface area contributed by atoms with Crippen LogP contribution in [0.25, 0.3) is 0 Å². The SMILES string of the molecule is CCCC[C@H](NC(=O)c1ccc(OCC(=O)NC)c(OC)c1)C(=O)O. The number of benzene rings is 1. The topological polar surface area (TPSA) is 114 Å². The predicted molar refractivity (Wildman–Crippen MR) is 91.0 cm³/mol. The lowest BCUT2D eigenvalue weighted by atomic mass is 10.1. The van der Waals surface area contributed by atoms with E-state index in [9.17, 15) is 19.5 Å². The lowest BCUT2D eigenvalue weighted by Crippen LogP contribution is -2.40. The van der Waals surface area contributed by atoms with E-state index in [1.54, 1.807) is 0 Å². The Morgan fingerprint density at radius 1 is 1.24 bits per heavy atom. The number of hydrogen-bond donors (Lipinski definition) is 3. The van der Waals surface area contributed by atoms with E-state index < -0.39 is 17.9 Å². The fraction of sp³-hybridized carbons (Fsp3) is 0.471. The zero-order chi connectivity index (χ0) is 18.8. The molecule has 0 bridgehead atoms. The highest BCUT2D eigenvalue weighted by molar-refractivity contribution is 5.97. The van der Waals surface area contributed by atoms with Crippen LogP contribution in [0, 0.1) is 0 Å². The van der Waals surface area contributed by atoms with Crippen molar-refractivity contribution in [2.45, 2.75) is 32.2 Å². The second-order valence-corrected chi connectivity index (χ2v) is 5.33. The molecule has 1 aromatic rings. The molecule has 0 unspecified atom stereocenters. The van der Waals surface area contributed by atoms with E-state index >= 15 is 0 Å². The number of nitrogens with one attached hydrogen (secondary N) is 2. The van der Waals surface area contributed by atoms with E-state index in [4.69, 9.17) is 9.47 Å². The van der Waals surface area contributed by atoms with E-state index in [2.05, 4.69) is 10.6 Å². The third-order valence-corrected chi connectivity index (χ3v) is 3.51. The van der Waals surface area contributed by atoms with Crippen molar-refractivity contribution < 1.29 is 29.0 Å². The summed E-state index contributed by atoms with van der Waals surface area (Å²) in [5.74, 6) is -1.30. The summed E-state index contributed by atoms with van der Waals surface area (Å²) < 4.78 is 10.5. The number of amides is 2. The number of aliphatic carboxylic acids is 1. The molecule has 8 heteroatoms. The highest BCUT2D eigenvalue weighted by atomic mass is 16.5. The first kappa shape index (κ1) is 20.3. The first-order valence-corrected chi connectivity index (χ1v) is 7.98. The second-order valence-electron chi connectivity index (χ2n) is 5.33. The summed E-state index contributed by atoms with van der Waals surface area (Å²) in [6, 6.07) is 3.48. The van der Waals surface area contributed by atoms with E-state index in [1.165, 1.54) is 32.4 Å². The van der Waals surface area contributed by atoms with Crippen LogP contribution in [0.1, 0.15) is 36.5 Å². The number of carboxylic acid groups (broad SMARTS) is 1. The highest BCUT2D eigenvalue weighted by Gasteiger charge is 2.21. The van der Waals surface area contributed by atoms with Crippen LogP contribution in [0.3, 0.4) is 0 Å². The Morgan fingerprint density at radius 3 is 2.52 bits per heavy atom. The first-order valence-electron chi connectivity index (χ1n) is 7.98. The van der Waals surface area contributed by atoms with Gasteiger partial charge in [0.2, 0.25) is 0 Å². The van der Waals surface area contributed by atoms with Crippen LogP contribution in [0.4, 0.5) is 0 Å². The van der Waals surface area contributed by atoms with Gasteiger partial charge in [0.25, 0.3) is 11.8 Å². The summed E-state index contributed by atoms with van der Waals surface area (Å²) in [4.78, 5) is 34.7. The van der Waals surface area contributed by atoms with Gasteiger partial charge in [-0.3, -0.25) is 9.59 Å². The molecule has 1 aromatic carbocycles. The molecule has 0 saturated carbocycles. The van der Waals surface area contributed by atoms with Gasteiger partial charge in [-0.2, -0.15) is 0 Å². The Balaban J connectivity index is 2.85. The summed E-state index contributed by atoms with van der Waals surface area (Å²) >= 11 is 0. The van der Waals surface area contributed by atoms with Crippen LogP contribution < -0.4 is 20.1 Å². The van der Waals surface area contributed by atoms with Crippen LogP contribution in [-0.4, -0.2) is 49.7 Å². The fourth-order valence-electron chi connectivity index (χ4n) is 2.05. The van der Waals surface area contributed by atoms with Gasteiger partial charge in [-0.25, -0.2) is 4.79 Å². The number of carboxylic acids is 1. The Hall–Kier alpha value is -2.77. The van der Waals surface area contributed by atoms with Gasteiger partial charge in [-0.15, -0.1) is 0 Å². The fourth-order valence-corrected chi connectivity index (χ4v) is 2.05. The summed E-state index contributed by atoms with van der Waals surface area (Å²) in [6.07, 6.45) is 1.90. The minimum atomic E-state index is -1.07. The Morgan fingerprint density at radius 2 is 1.96 bits per heavy atom. The van der Waals surface area contributed by atoms with Crippen LogP contribution in [0.15, 0.2) is 18.2 Å². The van der Waals surface area contributed by atoms with Gasteiger partial charge in [0, 0.05) is 12.6 Å². The van der Waals surface area contributed by atoms with Crippen molar-refractivity contribution in [3.05, 3.63) is 23.8 Å². The Bertz CT molecular complexity index is 617. The van der Waals surface area contributed by atoms with E-state index in [0.29, 0.717) is 18.6 Å². The third kappa shape index (κ3) is 6.33. The number of methoxy groups -OCH3 is 1. The van der Waals surface area contributed by atoms with Crippen LogP contribution in [-0.2, 0) is 9.59 Å². The van der Waals surface area contributed by atoms with Crippen LogP contribution in [0.2, 0.25) is 0 Å². The van der Waals surface area contributed by atoms with E-state index in [-0.39, 0.29) is 23.8 Å². The number of ether oxygens (including phenoxy) is 2. The molecule has 0 aliphatic heterocycles. The number of rotatable bonds is 10. The number of hydrogen-bond acceptors (Lipinski definition) is 5. The summed E-state index contributed by atoms with van der Waals surface area (Å²) in [5.41, 5.74) is 0.242. The average molecular weight is 352 g/mol. The van der Waals surface area contributed by atoms with Crippen LogP contribution in [0.5, 0.6) is 11.5 Å². The summed E-state index contributed by atoms with van der Waals surface area (Å²) in [5, 5.41) is 14.1. The molecule has 0 aromatic heterocycles. The maximum atomic E-state index is 12.3. The number of carbonyl (C=O) groups is 3. The molecule has 1 atom stereocenters. The molecule has 2 amide bonds. The monoisotopic (exact) mass is 352 g/mol. The smallest absolute Gasteiger partial charge is 0.326 e. The average Bonchev–Trinajstić information content (AvgIpc) is 2.62. The zero-order valence-corrected chi connectivity index (χ0v) is 14.6. The lowest BCUT2D eigenvalue weighted by molar-refractivity contribution is -0.139. The first-order chi connectivity index (χ1) is 11.9. The second kappa shape index (κ2) is 10.2. The molecule has 0 spiro atoms. The molecule has 8 nitrogen and oxygen atoms in total. The van der Waals surface area contributed by atoms with Gasteiger partial charge in [0.1, 0.15) is 6.04 Å². The quantitative estimate of drug-likeness (QED) is 0.583. The molecule has 25 heavy (non-hydrogen) atoms. The number of carbonyl (C=O) groups excluding carboxylic acids is 2. The maximum absolute atomic E-state index is 12.3. The Kier molecular flexibility index (Phi) is 8.25. The Labute approximate surface area is 146 Å². The zero-order valence-electron chi connectivity index (χ0n) is 14.6. The number of unbranched alkanes of at least 4 members (excludes halogenated alkanes) is 1. The van der Waals surface area contributed by atoms with E-state index in [0.717, 1.165) is 6.42 Å². The van der Waals surface area contributed by atoms with Crippen LogP contribution >= 0.6 is 0 Å². The predicted octanol–water partition coefficient (Wildman–Crippen LogP) is 1.19. The standard InChI is InChI=1S/C17H24N2O6/c1-4-5-6-12(17(22)23)19-16(21)11-7-8-13(14(9-11)24-3)25-10-15(20)18-2/h7-9,12H,4-6,10H2,1-3H3,(H,18,20)(H,19,21)(H,22,23)/t12-/m0/s1. The molecule has 0 aliphatic carbocycles. The molecular weight excluding hydrogens is 328 g/mol. The lowest BCUT2D eigenvalue weighted by Gasteiger charge is -2.15. The van der Waals surface area contributed by atoms with Crippen molar-refractivity contribution >= 4 is 17.8 Å². The van der Waals surface area contributed by atoms with E-state index in [1.807, 2.05) is 6.92 Å².